The molecule has 0 radical (unpaired) electrons. The molecule has 8 heteroatoms. The summed E-state index contributed by atoms with van der Waals surface area (Å²) in [4.78, 5) is 32.4. The van der Waals surface area contributed by atoms with Crippen LogP contribution in [0, 0.1) is 0 Å². The Balaban J connectivity index is 1.45. The van der Waals surface area contributed by atoms with E-state index in [4.69, 9.17) is 9.47 Å². The highest BCUT2D eigenvalue weighted by molar-refractivity contribution is 7.13. The van der Waals surface area contributed by atoms with E-state index in [1.54, 1.807) is 42.0 Å². The van der Waals surface area contributed by atoms with E-state index in [1.807, 2.05) is 19.1 Å². The van der Waals surface area contributed by atoms with Gasteiger partial charge in [-0.15, -0.1) is 11.3 Å². The molecular formula is C20H19N3O4S. The number of esters is 1. The lowest BCUT2D eigenvalue weighted by molar-refractivity contribution is -0.146. The number of anilines is 1. The van der Waals surface area contributed by atoms with Crippen LogP contribution in [0.2, 0.25) is 0 Å². The highest BCUT2D eigenvalue weighted by atomic mass is 32.1. The molecule has 1 aromatic carbocycles. The van der Waals surface area contributed by atoms with Crippen LogP contribution >= 0.6 is 11.3 Å². The van der Waals surface area contributed by atoms with Crippen molar-refractivity contribution >= 4 is 28.9 Å². The number of carbonyl (C=O) groups excluding carboxylic acids is 2. The van der Waals surface area contributed by atoms with Crippen LogP contribution in [-0.4, -0.2) is 35.1 Å². The van der Waals surface area contributed by atoms with Gasteiger partial charge < -0.3 is 14.8 Å². The summed E-state index contributed by atoms with van der Waals surface area (Å²) in [6, 6.07) is 10.7. The summed E-state index contributed by atoms with van der Waals surface area (Å²) in [6.45, 7) is 2.12. The molecule has 2 aromatic heterocycles. The molecule has 0 spiro atoms. The number of hydrogen-bond acceptors (Lipinski definition) is 7. The molecule has 0 fully saturated rings. The van der Waals surface area contributed by atoms with E-state index in [2.05, 4.69) is 15.3 Å². The molecule has 0 saturated heterocycles. The van der Waals surface area contributed by atoms with Gasteiger partial charge in [-0.1, -0.05) is 0 Å². The summed E-state index contributed by atoms with van der Waals surface area (Å²) in [5.74, 6) is -0.197. The van der Waals surface area contributed by atoms with Crippen LogP contribution in [0.25, 0.3) is 10.6 Å². The topological polar surface area (TPSA) is 90.4 Å². The zero-order chi connectivity index (χ0) is 19.8. The van der Waals surface area contributed by atoms with Crippen LogP contribution in [-0.2, 0) is 20.7 Å². The number of nitrogens with zero attached hydrogens (tertiary/aromatic N) is 2. The summed E-state index contributed by atoms with van der Waals surface area (Å²) in [5.41, 5.74) is 2.09. The lowest BCUT2D eigenvalue weighted by Gasteiger charge is -2.07. The molecule has 0 atom stereocenters. The van der Waals surface area contributed by atoms with E-state index in [-0.39, 0.29) is 13.0 Å². The van der Waals surface area contributed by atoms with E-state index in [9.17, 15) is 9.59 Å². The fraction of sp³-hybridized carbons (Fsp3) is 0.200. The molecule has 7 nitrogen and oxygen atoms in total. The third kappa shape index (κ3) is 5.62. The van der Waals surface area contributed by atoms with Crippen molar-refractivity contribution in [3.05, 3.63) is 59.9 Å². The molecule has 0 aliphatic carbocycles. The molecule has 0 bridgehead atoms. The Bertz CT molecular complexity index is 926. The number of benzene rings is 1. The lowest BCUT2D eigenvalue weighted by Crippen LogP contribution is -2.21. The van der Waals surface area contributed by atoms with Crippen molar-refractivity contribution in [2.45, 2.75) is 13.3 Å². The fourth-order valence-electron chi connectivity index (χ4n) is 2.35. The van der Waals surface area contributed by atoms with Gasteiger partial charge >= 0.3 is 5.97 Å². The van der Waals surface area contributed by atoms with Gasteiger partial charge in [0.25, 0.3) is 5.91 Å². The molecule has 2 heterocycles. The highest BCUT2D eigenvalue weighted by Gasteiger charge is 2.12. The number of ether oxygens (including phenoxy) is 2. The van der Waals surface area contributed by atoms with Crippen molar-refractivity contribution in [3.63, 3.8) is 0 Å². The minimum Gasteiger partial charge on any atom is -0.494 e. The summed E-state index contributed by atoms with van der Waals surface area (Å²) in [6.07, 6.45) is 3.41. The van der Waals surface area contributed by atoms with Gasteiger partial charge in [-0.3, -0.25) is 14.6 Å². The predicted molar refractivity (Wildman–Crippen MR) is 106 cm³/mol. The van der Waals surface area contributed by atoms with E-state index < -0.39 is 11.9 Å². The van der Waals surface area contributed by atoms with E-state index in [1.165, 1.54) is 11.3 Å². The van der Waals surface area contributed by atoms with Crippen molar-refractivity contribution < 1.29 is 19.1 Å². The van der Waals surface area contributed by atoms with Gasteiger partial charge in [0.2, 0.25) is 0 Å². The quantitative estimate of drug-likeness (QED) is 0.587. The first-order chi connectivity index (χ1) is 13.6. The maximum Gasteiger partial charge on any atom is 0.312 e. The minimum absolute atomic E-state index is 0.00704. The Labute approximate surface area is 166 Å². The van der Waals surface area contributed by atoms with Crippen LogP contribution in [0.5, 0.6) is 5.75 Å². The van der Waals surface area contributed by atoms with Gasteiger partial charge in [0.05, 0.1) is 18.7 Å². The van der Waals surface area contributed by atoms with Crippen molar-refractivity contribution in [1.82, 2.24) is 9.97 Å². The number of aromatic nitrogens is 2. The van der Waals surface area contributed by atoms with Crippen molar-refractivity contribution in [3.8, 4) is 16.3 Å². The van der Waals surface area contributed by atoms with E-state index in [0.29, 0.717) is 18.0 Å². The van der Waals surface area contributed by atoms with E-state index >= 15 is 0 Å². The molecule has 28 heavy (non-hydrogen) atoms. The van der Waals surface area contributed by atoms with Crippen LogP contribution in [0.3, 0.4) is 0 Å². The third-order valence-electron chi connectivity index (χ3n) is 3.60. The smallest absolute Gasteiger partial charge is 0.312 e. The van der Waals surface area contributed by atoms with Crippen molar-refractivity contribution in [2.24, 2.45) is 0 Å². The summed E-state index contributed by atoms with van der Waals surface area (Å²) >= 11 is 1.43. The van der Waals surface area contributed by atoms with Crippen molar-refractivity contribution in [2.75, 3.05) is 18.5 Å². The van der Waals surface area contributed by atoms with Crippen LogP contribution in [0.1, 0.15) is 12.6 Å². The molecular weight excluding hydrogens is 378 g/mol. The Morgan fingerprint density at radius 2 is 2.00 bits per heavy atom. The molecule has 3 aromatic rings. The first-order valence-corrected chi connectivity index (χ1v) is 9.55. The number of nitrogens with one attached hydrogen (secondary N) is 1. The molecule has 1 N–H and O–H groups in total. The Kier molecular flexibility index (Phi) is 6.69. The molecule has 144 valence electrons. The zero-order valence-electron chi connectivity index (χ0n) is 15.3. The number of thiazole rings is 1. The van der Waals surface area contributed by atoms with Crippen LogP contribution in [0.15, 0.2) is 54.2 Å². The second-order valence-corrected chi connectivity index (χ2v) is 6.59. The Morgan fingerprint density at radius 3 is 2.71 bits per heavy atom. The predicted octanol–water partition coefficient (Wildman–Crippen LogP) is 3.33. The van der Waals surface area contributed by atoms with Gasteiger partial charge in [0, 0.05) is 29.0 Å². The second kappa shape index (κ2) is 9.61. The minimum atomic E-state index is -0.509. The van der Waals surface area contributed by atoms with Gasteiger partial charge in [-0.05, 0) is 43.3 Å². The van der Waals surface area contributed by atoms with E-state index in [0.717, 1.165) is 16.3 Å². The average molecular weight is 397 g/mol. The van der Waals surface area contributed by atoms with Crippen LogP contribution in [0.4, 0.5) is 5.69 Å². The number of amides is 1. The number of pyridine rings is 1. The molecule has 0 unspecified atom stereocenters. The Morgan fingerprint density at radius 1 is 1.18 bits per heavy atom. The SMILES string of the molecule is CCOc1ccc(NC(=O)COC(=O)Cc2csc(-c3cccnc3)n2)cc1. The monoisotopic (exact) mass is 397 g/mol. The first kappa shape index (κ1) is 19.5. The van der Waals surface area contributed by atoms with Gasteiger partial charge in [0.1, 0.15) is 10.8 Å². The van der Waals surface area contributed by atoms with Gasteiger partial charge in [-0.25, -0.2) is 4.98 Å². The summed E-state index contributed by atoms with van der Waals surface area (Å²) in [7, 11) is 0. The fourth-order valence-corrected chi connectivity index (χ4v) is 3.16. The van der Waals surface area contributed by atoms with Gasteiger partial charge in [-0.2, -0.15) is 0 Å². The molecule has 0 aliphatic rings. The lowest BCUT2D eigenvalue weighted by atomic mass is 10.3. The number of hydrogen-bond donors (Lipinski definition) is 1. The number of carbonyl (C=O) groups is 2. The molecule has 0 saturated carbocycles. The second-order valence-electron chi connectivity index (χ2n) is 5.73. The summed E-state index contributed by atoms with van der Waals surface area (Å²) < 4.78 is 10.4. The maximum absolute atomic E-state index is 12.0. The zero-order valence-corrected chi connectivity index (χ0v) is 16.1. The normalized spacial score (nSPS) is 10.3. The highest BCUT2D eigenvalue weighted by Crippen LogP contribution is 2.23. The molecule has 0 aliphatic heterocycles. The van der Waals surface area contributed by atoms with Crippen LogP contribution < -0.4 is 10.1 Å². The van der Waals surface area contributed by atoms with Crippen molar-refractivity contribution in [1.29, 1.82) is 0 Å². The molecule has 1 amide bonds. The number of rotatable bonds is 8. The standard InChI is InChI=1S/C20H19N3O4S/c1-2-26-17-7-5-15(6-8-17)22-18(24)12-27-19(25)10-16-13-28-20(23-16)14-4-3-9-21-11-14/h3-9,11,13H,2,10,12H2,1H3,(H,22,24). The van der Waals surface area contributed by atoms with Gasteiger partial charge in [0.15, 0.2) is 6.61 Å². The first-order valence-electron chi connectivity index (χ1n) is 8.67. The third-order valence-corrected chi connectivity index (χ3v) is 4.54. The summed E-state index contributed by atoms with van der Waals surface area (Å²) in [5, 5.41) is 5.24. The Hall–Kier alpha value is -3.26. The average Bonchev–Trinajstić information content (AvgIpc) is 3.17. The molecule has 3 rings (SSSR count). The largest absolute Gasteiger partial charge is 0.494 e. The maximum atomic E-state index is 12.0.